The van der Waals surface area contributed by atoms with Crippen molar-refractivity contribution in [3.05, 3.63) is 63.6 Å². The molecule has 10 heteroatoms. The van der Waals surface area contributed by atoms with Crippen LogP contribution in [0.25, 0.3) is 0 Å². The molecule has 0 atom stereocenters. The van der Waals surface area contributed by atoms with Crippen molar-refractivity contribution < 1.29 is 17.9 Å². The predicted molar refractivity (Wildman–Crippen MR) is 126 cm³/mol. The van der Waals surface area contributed by atoms with Crippen LogP contribution >= 0.6 is 35.4 Å². The van der Waals surface area contributed by atoms with E-state index in [4.69, 9.17) is 40.2 Å². The summed E-state index contributed by atoms with van der Waals surface area (Å²) in [6.07, 6.45) is -3.61. The molecule has 1 heterocycles. The van der Waals surface area contributed by atoms with E-state index in [2.05, 4.69) is 10.2 Å². The number of halogens is 5. The van der Waals surface area contributed by atoms with Gasteiger partial charge in [0.15, 0.2) is 5.11 Å². The van der Waals surface area contributed by atoms with Crippen molar-refractivity contribution in [2.75, 3.05) is 44.7 Å². The maximum Gasteiger partial charge on any atom is 0.416 e. The lowest BCUT2D eigenvalue weighted by Crippen LogP contribution is -2.40. The van der Waals surface area contributed by atoms with Crippen molar-refractivity contribution in [3.8, 4) is 0 Å². The summed E-state index contributed by atoms with van der Waals surface area (Å²) in [6, 6.07) is 10.6. The molecule has 2 aromatic carbocycles. The van der Waals surface area contributed by atoms with E-state index in [0.29, 0.717) is 28.9 Å². The summed E-state index contributed by atoms with van der Waals surface area (Å²) in [5.41, 5.74) is 0.419. The van der Waals surface area contributed by atoms with Gasteiger partial charge in [0.2, 0.25) is 0 Å². The van der Waals surface area contributed by atoms with E-state index in [0.717, 1.165) is 57.0 Å². The van der Waals surface area contributed by atoms with Gasteiger partial charge in [0.1, 0.15) is 0 Å². The van der Waals surface area contributed by atoms with Gasteiger partial charge < -0.3 is 15.0 Å². The average molecular weight is 506 g/mol. The summed E-state index contributed by atoms with van der Waals surface area (Å²) in [7, 11) is 0. The second-order valence-corrected chi connectivity index (χ2v) is 8.64. The van der Waals surface area contributed by atoms with Crippen LogP contribution in [0.2, 0.25) is 10.0 Å². The molecule has 0 spiro atoms. The number of morpholine rings is 1. The Bertz CT molecular complexity index is 924. The van der Waals surface area contributed by atoms with Crippen LogP contribution in [0.4, 0.5) is 18.9 Å². The first-order valence-electron chi connectivity index (χ1n) is 10.2. The van der Waals surface area contributed by atoms with Crippen molar-refractivity contribution in [2.45, 2.75) is 19.1 Å². The van der Waals surface area contributed by atoms with E-state index in [-0.39, 0.29) is 5.02 Å². The number of hydrogen-bond donors (Lipinski definition) is 1. The maximum absolute atomic E-state index is 12.9. The summed E-state index contributed by atoms with van der Waals surface area (Å²) in [6.45, 7) is 5.26. The lowest BCUT2D eigenvalue weighted by molar-refractivity contribution is -0.137. The fourth-order valence-corrected chi connectivity index (χ4v) is 4.07. The molecule has 1 aliphatic rings. The molecule has 0 radical (unpaired) electrons. The highest BCUT2D eigenvalue weighted by molar-refractivity contribution is 7.80. The minimum atomic E-state index is -4.46. The van der Waals surface area contributed by atoms with E-state index in [9.17, 15) is 13.2 Å². The number of alkyl halides is 3. The molecule has 0 amide bonds. The van der Waals surface area contributed by atoms with Gasteiger partial charge in [-0.2, -0.15) is 13.2 Å². The second-order valence-electron chi connectivity index (χ2n) is 7.44. The number of hydrogen-bond acceptors (Lipinski definition) is 3. The second kappa shape index (κ2) is 11.5. The van der Waals surface area contributed by atoms with E-state index in [1.807, 2.05) is 29.2 Å². The van der Waals surface area contributed by atoms with Crippen LogP contribution in [-0.4, -0.2) is 54.3 Å². The van der Waals surface area contributed by atoms with Crippen molar-refractivity contribution in [2.24, 2.45) is 0 Å². The number of nitrogens with zero attached hydrogens (tertiary/aromatic N) is 2. The number of rotatable bonds is 7. The zero-order chi connectivity index (χ0) is 23.1. The van der Waals surface area contributed by atoms with Gasteiger partial charge in [0.25, 0.3) is 0 Å². The Kier molecular flexibility index (Phi) is 9.02. The quantitative estimate of drug-likeness (QED) is 0.470. The molecule has 1 aliphatic heterocycles. The van der Waals surface area contributed by atoms with Crippen LogP contribution in [0.5, 0.6) is 0 Å². The SMILES string of the molecule is FC(F)(F)c1ccc(NC(=S)N(CCCN2CCOCC2)Cc2ccccc2Cl)c(Cl)c1. The van der Waals surface area contributed by atoms with E-state index >= 15 is 0 Å². The molecule has 0 unspecified atom stereocenters. The molecule has 0 aliphatic carbocycles. The highest BCUT2D eigenvalue weighted by Gasteiger charge is 2.31. The van der Waals surface area contributed by atoms with Crippen LogP contribution < -0.4 is 5.32 Å². The highest BCUT2D eigenvalue weighted by Crippen LogP contribution is 2.34. The van der Waals surface area contributed by atoms with E-state index in [1.165, 1.54) is 6.07 Å². The normalized spacial score (nSPS) is 14.9. The molecular weight excluding hydrogens is 482 g/mol. The van der Waals surface area contributed by atoms with Gasteiger partial charge in [-0.25, -0.2) is 0 Å². The first-order valence-corrected chi connectivity index (χ1v) is 11.4. The van der Waals surface area contributed by atoms with Crippen LogP contribution in [0.1, 0.15) is 17.5 Å². The molecular formula is C22H24Cl2F3N3OS. The third-order valence-corrected chi connectivity index (χ3v) is 6.19. The summed E-state index contributed by atoms with van der Waals surface area (Å²) >= 11 is 18.0. The van der Waals surface area contributed by atoms with Crippen LogP contribution in [0.3, 0.4) is 0 Å². The highest BCUT2D eigenvalue weighted by atomic mass is 35.5. The summed E-state index contributed by atoms with van der Waals surface area (Å²) in [5.74, 6) is 0. The fraction of sp³-hybridized carbons (Fsp3) is 0.409. The molecule has 4 nitrogen and oxygen atoms in total. The molecule has 1 saturated heterocycles. The third-order valence-electron chi connectivity index (χ3n) is 5.15. The van der Waals surface area contributed by atoms with Gasteiger partial charge >= 0.3 is 6.18 Å². The molecule has 174 valence electrons. The summed E-state index contributed by atoms with van der Waals surface area (Å²) < 4.78 is 44.2. The van der Waals surface area contributed by atoms with Gasteiger partial charge in [-0.15, -0.1) is 0 Å². The molecule has 1 N–H and O–H groups in total. The topological polar surface area (TPSA) is 27.7 Å². The Balaban J connectivity index is 1.69. The smallest absolute Gasteiger partial charge is 0.379 e. The Hall–Kier alpha value is -1.58. The Labute approximate surface area is 201 Å². The number of thiocarbonyl (C=S) groups is 1. The maximum atomic E-state index is 12.9. The lowest BCUT2D eigenvalue weighted by atomic mass is 10.2. The zero-order valence-electron chi connectivity index (χ0n) is 17.3. The Morgan fingerprint density at radius 2 is 1.81 bits per heavy atom. The zero-order valence-corrected chi connectivity index (χ0v) is 19.6. The first-order chi connectivity index (χ1) is 15.2. The molecule has 0 aromatic heterocycles. The summed E-state index contributed by atoms with van der Waals surface area (Å²) in [4.78, 5) is 4.28. The van der Waals surface area contributed by atoms with Crippen molar-refractivity contribution in [3.63, 3.8) is 0 Å². The standard InChI is InChI=1S/C22H24Cl2F3N3OS/c23-18-5-2-1-4-16(18)15-30(9-3-8-29-10-12-31-13-11-29)21(32)28-20-7-6-17(14-19(20)24)22(25,26)27/h1-2,4-7,14H,3,8-13,15H2,(H,28,32). The number of anilines is 1. The third kappa shape index (κ3) is 7.22. The number of nitrogens with one attached hydrogen (secondary N) is 1. The molecule has 32 heavy (non-hydrogen) atoms. The fourth-order valence-electron chi connectivity index (χ4n) is 3.38. The van der Waals surface area contributed by atoms with Gasteiger partial charge in [0, 0.05) is 37.7 Å². The Morgan fingerprint density at radius 3 is 2.47 bits per heavy atom. The Morgan fingerprint density at radius 1 is 1.09 bits per heavy atom. The van der Waals surface area contributed by atoms with Crippen LogP contribution in [-0.2, 0) is 17.5 Å². The van der Waals surface area contributed by atoms with E-state index in [1.54, 1.807) is 0 Å². The minimum Gasteiger partial charge on any atom is -0.379 e. The number of ether oxygens (including phenoxy) is 1. The van der Waals surface area contributed by atoms with Crippen molar-refractivity contribution >= 4 is 46.2 Å². The van der Waals surface area contributed by atoms with Crippen molar-refractivity contribution in [1.82, 2.24) is 9.80 Å². The largest absolute Gasteiger partial charge is 0.416 e. The van der Waals surface area contributed by atoms with Crippen LogP contribution in [0, 0.1) is 0 Å². The van der Waals surface area contributed by atoms with Gasteiger partial charge in [-0.3, -0.25) is 4.90 Å². The molecule has 0 saturated carbocycles. The molecule has 3 rings (SSSR count). The summed E-state index contributed by atoms with van der Waals surface area (Å²) in [5, 5.41) is 3.95. The van der Waals surface area contributed by atoms with Crippen LogP contribution in [0.15, 0.2) is 42.5 Å². The monoisotopic (exact) mass is 505 g/mol. The van der Waals surface area contributed by atoms with Gasteiger partial charge in [0.05, 0.1) is 29.5 Å². The molecule has 0 bridgehead atoms. The first kappa shape index (κ1) is 25.1. The van der Waals surface area contributed by atoms with Gasteiger partial charge in [-0.1, -0.05) is 41.4 Å². The molecule has 1 fully saturated rings. The molecule has 2 aromatic rings. The minimum absolute atomic E-state index is 0.0480. The van der Waals surface area contributed by atoms with E-state index < -0.39 is 11.7 Å². The number of benzene rings is 2. The van der Waals surface area contributed by atoms with Gasteiger partial charge in [-0.05, 0) is 48.5 Å². The average Bonchev–Trinajstić information content (AvgIpc) is 2.75. The van der Waals surface area contributed by atoms with Crippen molar-refractivity contribution in [1.29, 1.82) is 0 Å². The predicted octanol–water partition coefficient (Wildman–Crippen LogP) is 5.93. The lowest BCUT2D eigenvalue weighted by Gasteiger charge is -2.30.